The molecule has 1 atom stereocenters. The van der Waals surface area contributed by atoms with Crippen LogP contribution in [-0.4, -0.2) is 24.1 Å². The van der Waals surface area contributed by atoms with Gasteiger partial charge in [0.05, 0.1) is 12.7 Å². The topological polar surface area (TPSA) is 62.1 Å². The number of carbonyl (C=O) groups is 1. The van der Waals surface area contributed by atoms with Crippen molar-refractivity contribution in [1.82, 2.24) is 5.32 Å². The van der Waals surface area contributed by atoms with Crippen LogP contribution in [0.15, 0.2) is 0 Å². The van der Waals surface area contributed by atoms with Crippen molar-refractivity contribution in [2.75, 3.05) is 13.2 Å². The highest BCUT2D eigenvalue weighted by Crippen LogP contribution is 2.00. The molecule has 0 spiro atoms. The normalized spacial score (nSPS) is 11.2. The van der Waals surface area contributed by atoms with E-state index in [-0.39, 0.29) is 11.6 Å². The second kappa shape index (κ2) is 6.38. The Balaban J connectivity index is 4.26. The number of ether oxygens (including phenoxy) is 1. The van der Waals surface area contributed by atoms with E-state index < -0.39 is 11.9 Å². The summed E-state index contributed by atoms with van der Waals surface area (Å²) < 4.78 is 4.67. The highest BCUT2D eigenvalue weighted by Gasteiger charge is 2.23. The summed E-state index contributed by atoms with van der Waals surface area (Å²) in [5.41, 5.74) is 0. The SMILES string of the molecule is CCNC(=S)C(C#N)C(=O)OCC. The van der Waals surface area contributed by atoms with E-state index in [4.69, 9.17) is 17.5 Å². The summed E-state index contributed by atoms with van der Waals surface area (Å²) >= 11 is 4.83. The van der Waals surface area contributed by atoms with Gasteiger partial charge in [0.1, 0.15) is 4.99 Å². The minimum atomic E-state index is -0.977. The summed E-state index contributed by atoms with van der Waals surface area (Å²) in [6.07, 6.45) is 0. The van der Waals surface area contributed by atoms with E-state index in [1.807, 2.05) is 6.92 Å². The van der Waals surface area contributed by atoms with Crippen LogP contribution in [0.1, 0.15) is 13.8 Å². The zero-order valence-corrected chi connectivity index (χ0v) is 8.48. The van der Waals surface area contributed by atoms with Gasteiger partial charge in [0.2, 0.25) is 0 Å². The average molecular weight is 200 g/mol. The van der Waals surface area contributed by atoms with E-state index in [1.165, 1.54) is 0 Å². The highest BCUT2D eigenvalue weighted by molar-refractivity contribution is 7.80. The summed E-state index contributed by atoms with van der Waals surface area (Å²) in [6.45, 7) is 4.37. The average Bonchev–Trinajstić information content (AvgIpc) is 2.06. The molecule has 5 heteroatoms. The molecule has 0 aromatic heterocycles. The number of esters is 1. The minimum absolute atomic E-state index is 0.225. The van der Waals surface area contributed by atoms with E-state index in [0.717, 1.165) is 0 Å². The van der Waals surface area contributed by atoms with Crippen LogP contribution in [0, 0.1) is 17.2 Å². The standard InChI is InChI=1S/C8H12N2O2S/c1-3-10-7(13)6(5-9)8(11)12-4-2/h6H,3-4H2,1-2H3,(H,10,13). The van der Waals surface area contributed by atoms with Crippen LogP contribution in [-0.2, 0) is 9.53 Å². The molecular formula is C8H12N2O2S. The molecular weight excluding hydrogens is 188 g/mol. The van der Waals surface area contributed by atoms with Crippen LogP contribution in [0.4, 0.5) is 0 Å². The fourth-order valence-electron chi connectivity index (χ4n) is 0.720. The molecule has 4 nitrogen and oxygen atoms in total. The predicted octanol–water partition coefficient (Wildman–Crippen LogP) is 0.626. The molecule has 0 radical (unpaired) electrons. The quantitative estimate of drug-likeness (QED) is 0.532. The minimum Gasteiger partial charge on any atom is -0.465 e. The third kappa shape index (κ3) is 3.85. The zero-order chi connectivity index (χ0) is 10.3. The Morgan fingerprint density at radius 3 is 2.69 bits per heavy atom. The van der Waals surface area contributed by atoms with Crippen molar-refractivity contribution >= 4 is 23.2 Å². The van der Waals surface area contributed by atoms with Gasteiger partial charge in [-0.1, -0.05) is 12.2 Å². The number of hydrogen-bond acceptors (Lipinski definition) is 4. The van der Waals surface area contributed by atoms with Crippen molar-refractivity contribution in [3.8, 4) is 6.07 Å². The van der Waals surface area contributed by atoms with Gasteiger partial charge in [0, 0.05) is 6.54 Å². The zero-order valence-electron chi connectivity index (χ0n) is 7.66. The molecule has 0 saturated carbocycles. The molecule has 0 aliphatic carbocycles. The molecule has 0 rings (SSSR count). The smallest absolute Gasteiger partial charge is 0.330 e. The molecule has 1 unspecified atom stereocenters. The molecule has 0 aromatic rings. The Morgan fingerprint density at radius 1 is 1.69 bits per heavy atom. The Labute approximate surface area is 82.9 Å². The molecule has 0 heterocycles. The van der Waals surface area contributed by atoms with Gasteiger partial charge in [0.25, 0.3) is 0 Å². The van der Waals surface area contributed by atoms with Gasteiger partial charge in [0.15, 0.2) is 5.92 Å². The number of thiocarbonyl (C=S) groups is 1. The van der Waals surface area contributed by atoms with Crippen molar-refractivity contribution in [3.63, 3.8) is 0 Å². The van der Waals surface area contributed by atoms with Gasteiger partial charge < -0.3 is 10.1 Å². The summed E-state index contributed by atoms with van der Waals surface area (Å²) in [7, 11) is 0. The van der Waals surface area contributed by atoms with E-state index in [9.17, 15) is 4.79 Å². The second-order valence-electron chi connectivity index (χ2n) is 2.21. The lowest BCUT2D eigenvalue weighted by atomic mass is 10.2. The molecule has 1 N–H and O–H groups in total. The molecule has 0 aliphatic rings. The predicted molar refractivity (Wildman–Crippen MR) is 52.0 cm³/mol. The first-order valence-electron chi connectivity index (χ1n) is 4.01. The van der Waals surface area contributed by atoms with Crippen LogP contribution in [0.5, 0.6) is 0 Å². The molecule has 72 valence electrons. The summed E-state index contributed by atoms with van der Waals surface area (Å²) in [5.74, 6) is -1.56. The van der Waals surface area contributed by atoms with Crippen LogP contribution < -0.4 is 5.32 Å². The van der Waals surface area contributed by atoms with Crippen molar-refractivity contribution in [3.05, 3.63) is 0 Å². The Bertz CT molecular complexity index is 217. The molecule has 0 aliphatic heterocycles. The maximum Gasteiger partial charge on any atom is 0.330 e. The van der Waals surface area contributed by atoms with E-state index in [0.29, 0.717) is 6.54 Å². The summed E-state index contributed by atoms with van der Waals surface area (Å²) in [6, 6.07) is 1.79. The first kappa shape index (κ1) is 11.8. The maximum atomic E-state index is 11.1. The molecule has 0 aromatic carbocycles. The first-order valence-corrected chi connectivity index (χ1v) is 4.42. The Hall–Kier alpha value is -1.15. The molecule has 0 amide bonds. The molecule has 0 saturated heterocycles. The number of nitrogens with zero attached hydrogens (tertiary/aromatic N) is 1. The van der Waals surface area contributed by atoms with Crippen LogP contribution in [0.3, 0.4) is 0 Å². The summed E-state index contributed by atoms with van der Waals surface area (Å²) in [5, 5.41) is 11.4. The largest absolute Gasteiger partial charge is 0.465 e. The van der Waals surface area contributed by atoms with Gasteiger partial charge in [-0.15, -0.1) is 0 Å². The van der Waals surface area contributed by atoms with E-state index in [1.54, 1.807) is 13.0 Å². The molecule has 0 bridgehead atoms. The molecule has 0 fully saturated rings. The van der Waals surface area contributed by atoms with Crippen molar-refractivity contribution in [2.24, 2.45) is 5.92 Å². The van der Waals surface area contributed by atoms with E-state index in [2.05, 4.69) is 10.1 Å². The number of rotatable bonds is 4. The lowest BCUT2D eigenvalue weighted by Crippen LogP contribution is -2.33. The van der Waals surface area contributed by atoms with Gasteiger partial charge in [-0.25, -0.2) is 0 Å². The maximum absolute atomic E-state index is 11.1. The highest BCUT2D eigenvalue weighted by atomic mass is 32.1. The van der Waals surface area contributed by atoms with Gasteiger partial charge >= 0.3 is 5.97 Å². The Morgan fingerprint density at radius 2 is 2.31 bits per heavy atom. The van der Waals surface area contributed by atoms with E-state index >= 15 is 0 Å². The number of hydrogen-bond donors (Lipinski definition) is 1. The van der Waals surface area contributed by atoms with Gasteiger partial charge in [-0.05, 0) is 13.8 Å². The molecule has 13 heavy (non-hydrogen) atoms. The fourth-order valence-corrected chi connectivity index (χ4v) is 1.01. The first-order chi connectivity index (χ1) is 6.17. The van der Waals surface area contributed by atoms with Crippen LogP contribution in [0.25, 0.3) is 0 Å². The van der Waals surface area contributed by atoms with Gasteiger partial charge in [-0.2, -0.15) is 5.26 Å². The van der Waals surface area contributed by atoms with Gasteiger partial charge in [-0.3, -0.25) is 4.79 Å². The lowest BCUT2D eigenvalue weighted by molar-refractivity contribution is -0.143. The van der Waals surface area contributed by atoms with Crippen molar-refractivity contribution < 1.29 is 9.53 Å². The third-order valence-corrected chi connectivity index (χ3v) is 1.64. The van der Waals surface area contributed by atoms with Crippen molar-refractivity contribution in [2.45, 2.75) is 13.8 Å². The third-order valence-electron chi connectivity index (χ3n) is 1.26. The fraction of sp³-hybridized carbons (Fsp3) is 0.625. The monoisotopic (exact) mass is 200 g/mol. The second-order valence-corrected chi connectivity index (χ2v) is 2.65. The number of carbonyl (C=O) groups excluding carboxylic acids is 1. The lowest BCUT2D eigenvalue weighted by Gasteiger charge is -2.10. The number of nitriles is 1. The number of nitrogens with one attached hydrogen (secondary N) is 1. The van der Waals surface area contributed by atoms with Crippen LogP contribution >= 0.6 is 12.2 Å². The summed E-state index contributed by atoms with van der Waals surface area (Å²) in [4.78, 5) is 11.3. The Kier molecular flexibility index (Phi) is 5.81. The van der Waals surface area contributed by atoms with Crippen LogP contribution in [0.2, 0.25) is 0 Å². The van der Waals surface area contributed by atoms with Crippen molar-refractivity contribution in [1.29, 1.82) is 5.26 Å².